The van der Waals surface area contributed by atoms with Gasteiger partial charge in [0.2, 0.25) is 5.91 Å². The second-order valence-corrected chi connectivity index (χ2v) is 6.66. The van der Waals surface area contributed by atoms with Gasteiger partial charge in [0.05, 0.1) is 24.5 Å². The van der Waals surface area contributed by atoms with Crippen LogP contribution in [0.25, 0.3) is 0 Å². The van der Waals surface area contributed by atoms with Crippen LogP contribution in [-0.4, -0.2) is 23.1 Å². The number of hydrogen-bond acceptors (Lipinski definition) is 3. The van der Waals surface area contributed by atoms with Gasteiger partial charge in [-0.05, 0) is 37.0 Å². The second-order valence-electron chi connectivity index (χ2n) is 6.66. The third-order valence-corrected chi connectivity index (χ3v) is 4.15. The van der Waals surface area contributed by atoms with E-state index in [4.69, 9.17) is 9.84 Å². The van der Waals surface area contributed by atoms with Crippen molar-refractivity contribution in [1.82, 2.24) is 0 Å². The Morgan fingerprint density at radius 1 is 1.32 bits per heavy atom. The topological polar surface area (TPSA) is 75.6 Å². The minimum atomic E-state index is -0.913. The van der Waals surface area contributed by atoms with Crippen LogP contribution in [0.4, 0.5) is 5.69 Å². The lowest BCUT2D eigenvalue weighted by molar-refractivity contribution is -0.140. The van der Waals surface area contributed by atoms with Crippen LogP contribution in [0.5, 0.6) is 0 Å². The van der Waals surface area contributed by atoms with Crippen LogP contribution in [-0.2, 0) is 20.9 Å². The summed E-state index contributed by atoms with van der Waals surface area (Å²) in [5, 5.41) is 12.0. The average molecular weight is 305 g/mol. The third-order valence-electron chi connectivity index (χ3n) is 4.15. The molecule has 0 aromatic heterocycles. The largest absolute Gasteiger partial charge is 0.481 e. The molecule has 5 nitrogen and oxygen atoms in total. The summed E-state index contributed by atoms with van der Waals surface area (Å²) in [7, 11) is 0. The van der Waals surface area contributed by atoms with Crippen molar-refractivity contribution in [2.24, 2.45) is 17.3 Å². The predicted molar refractivity (Wildman–Crippen MR) is 83.4 cm³/mol. The van der Waals surface area contributed by atoms with E-state index in [0.717, 1.165) is 5.56 Å². The number of amides is 1. The van der Waals surface area contributed by atoms with Gasteiger partial charge in [-0.25, -0.2) is 0 Å². The molecule has 1 aromatic rings. The van der Waals surface area contributed by atoms with E-state index in [-0.39, 0.29) is 12.0 Å². The molecule has 0 unspecified atom stereocenters. The molecule has 120 valence electrons. The molecular formula is C17H23NO4. The molecule has 2 atom stereocenters. The standard InChI is InChI=1S/C17H23NO4/c1-10(2)22-9-11-6-5-7-12(8-11)18-15(19)13-14(16(20)21)17(13,3)4/h5-8,10,13-14H,9H2,1-4H3,(H,18,19)(H,20,21)/t13-,14+/m0/s1. The molecule has 1 aliphatic carbocycles. The number of rotatable bonds is 6. The summed E-state index contributed by atoms with van der Waals surface area (Å²) in [6.45, 7) is 8.03. The molecular weight excluding hydrogens is 282 g/mol. The summed E-state index contributed by atoms with van der Waals surface area (Å²) in [4.78, 5) is 23.4. The number of benzene rings is 1. The van der Waals surface area contributed by atoms with Crippen molar-refractivity contribution >= 4 is 17.6 Å². The number of carbonyl (C=O) groups is 2. The van der Waals surface area contributed by atoms with Gasteiger partial charge in [-0.1, -0.05) is 26.0 Å². The highest BCUT2D eigenvalue weighted by atomic mass is 16.5. The summed E-state index contributed by atoms with van der Waals surface area (Å²) in [5.41, 5.74) is 1.15. The molecule has 0 bridgehead atoms. The fourth-order valence-electron chi connectivity index (χ4n) is 2.81. The van der Waals surface area contributed by atoms with Gasteiger partial charge in [0.15, 0.2) is 0 Å². The summed E-state index contributed by atoms with van der Waals surface area (Å²) in [6, 6.07) is 7.42. The number of anilines is 1. The first-order valence-electron chi connectivity index (χ1n) is 7.47. The van der Waals surface area contributed by atoms with Crippen LogP contribution in [0, 0.1) is 17.3 Å². The fourth-order valence-corrected chi connectivity index (χ4v) is 2.81. The molecule has 0 spiro atoms. The number of carbonyl (C=O) groups excluding carboxylic acids is 1. The van der Waals surface area contributed by atoms with Crippen LogP contribution in [0.1, 0.15) is 33.3 Å². The smallest absolute Gasteiger partial charge is 0.307 e. The molecule has 1 aromatic carbocycles. The van der Waals surface area contributed by atoms with Crippen molar-refractivity contribution in [1.29, 1.82) is 0 Å². The Hall–Kier alpha value is -1.88. The van der Waals surface area contributed by atoms with E-state index in [1.54, 1.807) is 6.07 Å². The van der Waals surface area contributed by atoms with E-state index < -0.39 is 23.2 Å². The Labute approximate surface area is 130 Å². The highest BCUT2D eigenvalue weighted by Crippen LogP contribution is 2.58. The van der Waals surface area contributed by atoms with E-state index in [0.29, 0.717) is 12.3 Å². The number of hydrogen-bond donors (Lipinski definition) is 2. The lowest BCUT2D eigenvalue weighted by Gasteiger charge is -2.10. The molecule has 1 saturated carbocycles. The molecule has 2 rings (SSSR count). The molecule has 1 fully saturated rings. The third kappa shape index (κ3) is 3.47. The molecule has 5 heteroatoms. The minimum absolute atomic E-state index is 0.141. The molecule has 1 amide bonds. The maximum absolute atomic E-state index is 12.3. The lowest BCUT2D eigenvalue weighted by atomic mass is 10.1. The van der Waals surface area contributed by atoms with Crippen molar-refractivity contribution in [2.45, 2.75) is 40.4 Å². The highest BCUT2D eigenvalue weighted by Gasteiger charge is 2.65. The van der Waals surface area contributed by atoms with Gasteiger partial charge in [-0.3, -0.25) is 9.59 Å². The first kappa shape index (κ1) is 16.5. The van der Waals surface area contributed by atoms with Crippen molar-refractivity contribution in [2.75, 3.05) is 5.32 Å². The number of nitrogens with one attached hydrogen (secondary N) is 1. The Kier molecular flexibility index (Phi) is 4.56. The molecule has 0 aliphatic heterocycles. The van der Waals surface area contributed by atoms with Gasteiger partial charge in [-0.2, -0.15) is 0 Å². The normalized spacial score (nSPS) is 22.4. The van der Waals surface area contributed by atoms with Gasteiger partial charge in [-0.15, -0.1) is 0 Å². The zero-order valence-corrected chi connectivity index (χ0v) is 13.4. The molecule has 22 heavy (non-hydrogen) atoms. The first-order valence-corrected chi connectivity index (χ1v) is 7.47. The van der Waals surface area contributed by atoms with E-state index >= 15 is 0 Å². The Morgan fingerprint density at radius 3 is 2.55 bits per heavy atom. The van der Waals surface area contributed by atoms with Gasteiger partial charge in [0, 0.05) is 5.69 Å². The number of aliphatic carboxylic acids is 1. The molecule has 0 saturated heterocycles. The molecule has 0 heterocycles. The Balaban J connectivity index is 2.01. The van der Waals surface area contributed by atoms with Crippen LogP contribution >= 0.6 is 0 Å². The lowest BCUT2D eigenvalue weighted by Crippen LogP contribution is -2.17. The number of carboxylic acids is 1. The Morgan fingerprint density at radius 2 is 2.00 bits per heavy atom. The minimum Gasteiger partial charge on any atom is -0.481 e. The summed E-state index contributed by atoms with van der Waals surface area (Å²) < 4.78 is 5.54. The average Bonchev–Trinajstić information content (AvgIpc) is 3.00. The van der Waals surface area contributed by atoms with Crippen molar-refractivity contribution in [3.05, 3.63) is 29.8 Å². The van der Waals surface area contributed by atoms with Crippen molar-refractivity contribution in [3.8, 4) is 0 Å². The molecule has 2 N–H and O–H groups in total. The van der Waals surface area contributed by atoms with Crippen LogP contribution < -0.4 is 5.32 Å². The Bertz CT molecular complexity index is 580. The number of carboxylic acid groups (broad SMARTS) is 1. The quantitative estimate of drug-likeness (QED) is 0.847. The SMILES string of the molecule is CC(C)OCc1cccc(NC(=O)[C@@H]2[C@H](C(=O)O)C2(C)C)c1. The monoisotopic (exact) mass is 305 g/mol. The molecule has 0 radical (unpaired) electrons. The summed E-state index contributed by atoms with van der Waals surface area (Å²) in [6.07, 6.45) is 0.141. The highest BCUT2D eigenvalue weighted by molar-refractivity contribution is 5.99. The predicted octanol–water partition coefficient (Wildman–Crippen LogP) is 2.91. The number of ether oxygens (including phenoxy) is 1. The van der Waals surface area contributed by atoms with Gasteiger partial charge < -0.3 is 15.2 Å². The van der Waals surface area contributed by atoms with Gasteiger partial charge in [0.1, 0.15) is 0 Å². The van der Waals surface area contributed by atoms with Crippen LogP contribution in [0.2, 0.25) is 0 Å². The zero-order chi connectivity index (χ0) is 16.5. The molecule has 1 aliphatic rings. The first-order chi connectivity index (χ1) is 10.2. The van der Waals surface area contributed by atoms with Crippen molar-refractivity contribution in [3.63, 3.8) is 0 Å². The van der Waals surface area contributed by atoms with Gasteiger partial charge >= 0.3 is 5.97 Å². The van der Waals surface area contributed by atoms with Gasteiger partial charge in [0.25, 0.3) is 0 Å². The maximum Gasteiger partial charge on any atom is 0.307 e. The zero-order valence-electron chi connectivity index (χ0n) is 13.4. The van der Waals surface area contributed by atoms with Crippen LogP contribution in [0.15, 0.2) is 24.3 Å². The van der Waals surface area contributed by atoms with E-state index in [2.05, 4.69) is 5.32 Å². The summed E-state index contributed by atoms with van der Waals surface area (Å²) in [5.74, 6) is -2.25. The summed E-state index contributed by atoms with van der Waals surface area (Å²) >= 11 is 0. The van der Waals surface area contributed by atoms with E-state index in [9.17, 15) is 9.59 Å². The fraction of sp³-hybridized carbons (Fsp3) is 0.529. The maximum atomic E-state index is 12.3. The van der Waals surface area contributed by atoms with Crippen LogP contribution in [0.3, 0.4) is 0 Å². The second kappa shape index (κ2) is 6.08. The van der Waals surface area contributed by atoms with Crippen molar-refractivity contribution < 1.29 is 19.4 Å². The van der Waals surface area contributed by atoms with E-state index in [1.807, 2.05) is 45.9 Å². The van der Waals surface area contributed by atoms with E-state index in [1.165, 1.54) is 0 Å².